The second-order valence-electron chi connectivity index (χ2n) is 3.86. The van der Waals surface area contributed by atoms with Gasteiger partial charge >= 0.3 is 0 Å². The molecule has 0 aromatic heterocycles. The van der Waals surface area contributed by atoms with Crippen LogP contribution in [0.15, 0.2) is 0 Å². The molecular formula is C10H23N. The highest BCUT2D eigenvalue weighted by atomic mass is 15.1. The van der Waals surface area contributed by atoms with Crippen LogP contribution in [0.25, 0.3) is 0 Å². The zero-order valence-electron chi connectivity index (χ0n) is 8.56. The maximum absolute atomic E-state index is 2.43. The molecule has 0 saturated carbocycles. The van der Waals surface area contributed by atoms with E-state index in [1.165, 1.54) is 32.4 Å². The molecule has 0 aromatic carbocycles. The number of nitrogens with zero attached hydrogens (tertiary/aromatic N) is 1. The summed E-state index contributed by atoms with van der Waals surface area (Å²) in [6.45, 7) is 9.31. The highest BCUT2D eigenvalue weighted by molar-refractivity contribution is 4.54. The van der Waals surface area contributed by atoms with Crippen LogP contribution in [-0.2, 0) is 0 Å². The Balaban J connectivity index is 3.15. The minimum absolute atomic E-state index is 0.807. The van der Waals surface area contributed by atoms with Gasteiger partial charge in [0.15, 0.2) is 0 Å². The SMILES string of the molecule is CCCCCN(C)CC(C)C. The lowest BCUT2D eigenvalue weighted by Crippen LogP contribution is -2.24. The van der Waals surface area contributed by atoms with Crippen molar-refractivity contribution in [3.8, 4) is 0 Å². The lowest BCUT2D eigenvalue weighted by molar-refractivity contribution is 0.289. The monoisotopic (exact) mass is 157 g/mol. The molecule has 0 heterocycles. The molecule has 0 aliphatic rings. The number of hydrogen-bond acceptors (Lipinski definition) is 1. The van der Waals surface area contributed by atoms with Gasteiger partial charge in [-0.15, -0.1) is 0 Å². The van der Waals surface area contributed by atoms with Crippen LogP contribution >= 0.6 is 0 Å². The van der Waals surface area contributed by atoms with Gasteiger partial charge in [-0.25, -0.2) is 0 Å². The molecule has 0 aliphatic heterocycles. The topological polar surface area (TPSA) is 3.24 Å². The molecule has 0 spiro atoms. The third-order valence-electron chi connectivity index (χ3n) is 1.82. The van der Waals surface area contributed by atoms with E-state index >= 15 is 0 Å². The fourth-order valence-electron chi connectivity index (χ4n) is 1.35. The zero-order chi connectivity index (χ0) is 8.69. The van der Waals surface area contributed by atoms with Crippen molar-refractivity contribution in [2.45, 2.75) is 40.0 Å². The molecule has 0 aromatic rings. The van der Waals surface area contributed by atoms with Crippen LogP contribution in [0.1, 0.15) is 40.0 Å². The second-order valence-corrected chi connectivity index (χ2v) is 3.86. The fraction of sp³-hybridized carbons (Fsp3) is 1.00. The predicted molar refractivity (Wildman–Crippen MR) is 51.9 cm³/mol. The molecule has 0 fully saturated rings. The van der Waals surface area contributed by atoms with Crippen molar-refractivity contribution in [2.24, 2.45) is 5.92 Å². The van der Waals surface area contributed by atoms with Crippen LogP contribution in [0.4, 0.5) is 0 Å². The largest absolute Gasteiger partial charge is 0.306 e. The smallest absolute Gasteiger partial charge is 0.000133 e. The van der Waals surface area contributed by atoms with Crippen LogP contribution in [0.2, 0.25) is 0 Å². The third-order valence-corrected chi connectivity index (χ3v) is 1.82. The summed E-state index contributed by atoms with van der Waals surface area (Å²) in [5.41, 5.74) is 0. The normalized spacial score (nSPS) is 11.5. The van der Waals surface area contributed by atoms with Gasteiger partial charge in [-0.2, -0.15) is 0 Å². The Kier molecular flexibility index (Phi) is 6.63. The predicted octanol–water partition coefficient (Wildman–Crippen LogP) is 2.76. The average Bonchev–Trinajstić information content (AvgIpc) is 1.86. The van der Waals surface area contributed by atoms with Gasteiger partial charge in [-0.1, -0.05) is 33.6 Å². The van der Waals surface area contributed by atoms with Crippen molar-refractivity contribution >= 4 is 0 Å². The first-order valence-electron chi connectivity index (χ1n) is 4.85. The first kappa shape index (κ1) is 11.0. The van der Waals surface area contributed by atoms with E-state index in [0.717, 1.165) is 5.92 Å². The van der Waals surface area contributed by atoms with E-state index in [1.54, 1.807) is 0 Å². The van der Waals surface area contributed by atoms with Gasteiger partial charge in [0.25, 0.3) is 0 Å². The molecule has 0 radical (unpaired) electrons. The molecule has 68 valence electrons. The Morgan fingerprint density at radius 2 is 1.82 bits per heavy atom. The van der Waals surface area contributed by atoms with Crippen LogP contribution in [0, 0.1) is 5.92 Å². The molecule has 0 amide bonds. The van der Waals surface area contributed by atoms with Crippen molar-refractivity contribution in [3.05, 3.63) is 0 Å². The first-order valence-corrected chi connectivity index (χ1v) is 4.85. The summed E-state index contributed by atoms with van der Waals surface area (Å²) in [6.07, 6.45) is 4.07. The van der Waals surface area contributed by atoms with Crippen LogP contribution in [0.5, 0.6) is 0 Å². The summed E-state index contributed by atoms with van der Waals surface area (Å²) < 4.78 is 0. The lowest BCUT2D eigenvalue weighted by Gasteiger charge is -2.18. The summed E-state index contributed by atoms with van der Waals surface area (Å²) in [4.78, 5) is 2.43. The van der Waals surface area contributed by atoms with Gasteiger partial charge in [0.1, 0.15) is 0 Å². The van der Waals surface area contributed by atoms with E-state index in [4.69, 9.17) is 0 Å². The van der Waals surface area contributed by atoms with E-state index in [9.17, 15) is 0 Å². The molecule has 0 saturated heterocycles. The Labute approximate surface area is 71.8 Å². The average molecular weight is 157 g/mol. The summed E-state index contributed by atoms with van der Waals surface area (Å²) in [6, 6.07) is 0. The van der Waals surface area contributed by atoms with E-state index < -0.39 is 0 Å². The van der Waals surface area contributed by atoms with E-state index in [-0.39, 0.29) is 0 Å². The van der Waals surface area contributed by atoms with Crippen molar-refractivity contribution in [1.29, 1.82) is 0 Å². The van der Waals surface area contributed by atoms with E-state index in [1.807, 2.05) is 0 Å². The van der Waals surface area contributed by atoms with Crippen molar-refractivity contribution < 1.29 is 0 Å². The molecule has 0 unspecified atom stereocenters. The highest BCUT2D eigenvalue weighted by Crippen LogP contribution is 1.99. The Bertz CT molecular complexity index is 78.9. The van der Waals surface area contributed by atoms with Crippen LogP contribution in [0.3, 0.4) is 0 Å². The summed E-state index contributed by atoms with van der Waals surface area (Å²) in [5, 5.41) is 0. The molecule has 0 rings (SSSR count). The Hall–Kier alpha value is -0.0400. The van der Waals surface area contributed by atoms with Gasteiger partial charge in [-0.05, 0) is 25.9 Å². The van der Waals surface area contributed by atoms with E-state index in [0.29, 0.717) is 0 Å². The molecule has 0 aliphatic carbocycles. The second kappa shape index (κ2) is 6.66. The minimum Gasteiger partial charge on any atom is -0.306 e. The first-order chi connectivity index (χ1) is 5.16. The van der Waals surface area contributed by atoms with Crippen LogP contribution in [-0.4, -0.2) is 25.0 Å². The molecule has 1 nitrogen and oxygen atoms in total. The van der Waals surface area contributed by atoms with E-state index in [2.05, 4.69) is 32.7 Å². The van der Waals surface area contributed by atoms with Gasteiger partial charge in [0.05, 0.1) is 0 Å². The fourth-order valence-corrected chi connectivity index (χ4v) is 1.35. The molecule has 1 heteroatoms. The van der Waals surface area contributed by atoms with Crippen molar-refractivity contribution in [2.75, 3.05) is 20.1 Å². The van der Waals surface area contributed by atoms with Gasteiger partial charge in [0.2, 0.25) is 0 Å². The minimum atomic E-state index is 0.807. The van der Waals surface area contributed by atoms with Gasteiger partial charge in [-0.3, -0.25) is 0 Å². The Morgan fingerprint density at radius 1 is 1.18 bits per heavy atom. The quantitative estimate of drug-likeness (QED) is 0.536. The summed E-state index contributed by atoms with van der Waals surface area (Å²) >= 11 is 0. The number of unbranched alkanes of at least 4 members (excludes halogenated alkanes) is 2. The van der Waals surface area contributed by atoms with Gasteiger partial charge in [0, 0.05) is 6.54 Å². The van der Waals surface area contributed by atoms with Crippen molar-refractivity contribution in [3.63, 3.8) is 0 Å². The summed E-state index contributed by atoms with van der Waals surface area (Å²) in [7, 11) is 2.22. The highest BCUT2D eigenvalue weighted by Gasteiger charge is 1.99. The maximum Gasteiger partial charge on any atom is 0.000133 e. The maximum atomic E-state index is 2.43. The molecular weight excluding hydrogens is 134 g/mol. The summed E-state index contributed by atoms with van der Waals surface area (Å²) in [5.74, 6) is 0.807. The lowest BCUT2D eigenvalue weighted by atomic mass is 10.2. The van der Waals surface area contributed by atoms with Crippen LogP contribution < -0.4 is 0 Å². The van der Waals surface area contributed by atoms with Crippen molar-refractivity contribution in [1.82, 2.24) is 4.90 Å². The molecule has 11 heavy (non-hydrogen) atoms. The number of rotatable bonds is 6. The molecule has 0 N–H and O–H groups in total. The Morgan fingerprint density at radius 3 is 2.27 bits per heavy atom. The zero-order valence-corrected chi connectivity index (χ0v) is 8.56. The number of hydrogen-bond donors (Lipinski definition) is 0. The molecule has 0 atom stereocenters. The van der Waals surface area contributed by atoms with Gasteiger partial charge < -0.3 is 4.90 Å². The molecule has 0 bridgehead atoms. The third kappa shape index (κ3) is 7.86. The standard InChI is InChI=1S/C10H23N/c1-5-6-7-8-11(4)9-10(2)3/h10H,5-9H2,1-4H3.